The Morgan fingerprint density at radius 1 is 1.41 bits per heavy atom. The van der Waals surface area contributed by atoms with Gasteiger partial charge >= 0.3 is 5.97 Å². The average molecular weight is 328 g/mol. The minimum Gasteiger partial charge on any atom is -0.445 e. The number of rotatable bonds is 3. The Labute approximate surface area is 132 Å². The number of halogens is 2. The van der Waals surface area contributed by atoms with Crippen LogP contribution in [0.4, 0.5) is 4.39 Å². The average Bonchev–Trinajstić information content (AvgIpc) is 2.66. The molecular formula is C15H15ClFNO4. The van der Waals surface area contributed by atoms with Crippen molar-refractivity contribution in [2.24, 2.45) is 0 Å². The lowest BCUT2D eigenvalue weighted by Crippen LogP contribution is -2.25. The van der Waals surface area contributed by atoms with Crippen LogP contribution in [0.2, 0.25) is 5.02 Å². The van der Waals surface area contributed by atoms with Crippen LogP contribution in [0.25, 0.3) is 0 Å². The maximum absolute atomic E-state index is 13.1. The molecule has 0 radical (unpaired) electrons. The second-order valence-electron chi connectivity index (χ2n) is 5.34. The number of likely N-dealkylation sites (N-methyl/N-ethyl adjacent to an activating group) is 1. The Bertz CT molecular complexity index is 657. The molecule has 1 aliphatic rings. The summed E-state index contributed by atoms with van der Waals surface area (Å²) in [7, 11) is 1.54. The number of ether oxygens (including phenoxy) is 2. The van der Waals surface area contributed by atoms with E-state index in [1.54, 1.807) is 20.9 Å². The molecule has 0 atom stereocenters. The van der Waals surface area contributed by atoms with Gasteiger partial charge in [-0.2, -0.15) is 0 Å². The lowest BCUT2D eigenvalue weighted by Gasteiger charge is -2.16. The van der Waals surface area contributed by atoms with Gasteiger partial charge in [-0.3, -0.25) is 4.79 Å². The van der Waals surface area contributed by atoms with Gasteiger partial charge in [0.1, 0.15) is 5.82 Å². The first-order chi connectivity index (χ1) is 10.2. The van der Waals surface area contributed by atoms with E-state index in [1.807, 2.05) is 0 Å². The molecule has 1 aromatic carbocycles. The van der Waals surface area contributed by atoms with E-state index in [4.69, 9.17) is 21.1 Å². The van der Waals surface area contributed by atoms with Crippen molar-refractivity contribution in [1.82, 2.24) is 4.90 Å². The van der Waals surface area contributed by atoms with Crippen LogP contribution in [0.3, 0.4) is 0 Å². The summed E-state index contributed by atoms with van der Waals surface area (Å²) in [5.74, 6) is -2.86. The number of carbonyl (C=O) groups is 2. The van der Waals surface area contributed by atoms with E-state index in [2.05, 4.69) is 0 Å². The predicted molar refractivity (Wildman–Crippen MR) is 77.2 cm³/mol. The molecule has 1 aromatic rings. The van der Waals surface area contributed by atoms with Crippen LogP contribution in [0.15, 0.2) is 30.0 Å². The molecule has 1 aliphatic heterocycles. The van der Waals surface area contributed by atoms with Gasteiger partial charge in [-0.05, 0) is 17.7 Å². The van der Waals surface area contributed by atoms with Gasteiger partial charge in [0.2, 0.25) is 11.5 Å². The second-order valence-corrected chi connectivity index (χ2v) is 5.75. The quantitative estimate of drug-likeness (QED) is 0.632. The second kappa shape index (κ2) is 5.96. The monoisotopic (exact) mass is 327 g/mol. The lowest BCUT2D eigenvalue weighted by atomic mass is 10.2. The summed E-state index contributed by atoms with van der Waals surface area (Å²) in [6, 6.07) is 4.20. The molecule has 22 heavy (non-hydrogen) atoms. The van der Waals surface area contributed by atoms with Gasteiger partial charge in [0.05, 0.1) is 11.1 Å². The summed E-state index contributed by atoms with van der Waals surface area (Å²) in [6.07, 6.45) is 1.07. The highest BCUT2D eigenvalue weighted by Gasteiger charge is 2.37. The lowest BCUT2D eigenvalue weighted by molar-refractivity contribution is -0.159. The molecule has 118 valence electrons. The van der Waals surface area contributed by atoms with E-state index < -0.39 is 23.5 Å². The van der Waals surface area contributed by atoms with Crippen LogP contribution in [-0.4, -0.2) is 29.6 Å². The fraction of sp³-hybridized carbons (Fsp3) is 0.333. The van der Waals surface area contributed by atoms with Crippen LogP contribution in [0, 0.1) is 5.82 Å². The fourth-order valence-electron chi connectivity index (χ4n) is 1.90. The molecule has 1 amide bonds. The van der Waals surface area contributed by atoms with Crippen molar-refractivity contribution >= 4 is 23.5 Å². The van der Waals surface area contributed by atoms with Gasteiger partial charge in [0.15, 0.2) is 0 Å². The van der Waals surface area contributed by atoms with Crippen LogP contribution in [-0.2, 0) is 25.6 Å². The Morgan fingerprint density at radius 3 is 2.64 bits per heavy atom. The first-order valence-corrected chi connectivity index (χ1v) is 6.89. The van der Waals surface area contributed by atoms with Crippen LogP contribution >= 0.6 is 11.6 Å². The predicted octanol–water partition coefficient (Wildman–Crippen LogP) is 2.63. The van der Waals surface area contributed by atoms with Crippen molar-refractivity contribution in [3.63, 3.8) is 0 Å². The molecule has 5 nitrogen and oxygen atoms in total. The molecule has 0 aromatic heterocycles. The third kappa shape index (κ3) is 3.76. The standard InChI is InChI=1S/C15H15ClFNO4/c1-15(2)21-12(14(20)22-15)7-13(19)18(3)8-9-4-5-11(17)10(16)6-9/h4-7H,8H2,1-3H3/b12-7+. The van der Waals surface area contributed by atoms with Crippen molar-refractivity contribution < 1.29 is 23.5 Å². The van der Waals surface area contributed by atoms with E-state index in [-0.39, 0.29) is 17.3 Å². The van der Waals surface area contributed by atoms with Crippen LogP contribution < -0.4 is 0 Å². The summed E-state index contributed by atoms with van der Waals surface area (Å²) >= 11 is 5.69. The molecule has 2 rings (SSSR count). The summed E-state index contributed by atoms with van der Waals surface area (Å²) in [4.78, 5) is 25.0. The number of amides is 1. The number of benzene rings is 1. The minimum atomic E-state index is -1.08. The Hall–Kier alpha value is -2.08. The molecule has 0 bridgehead atoms. The Kier molecular flexibility index (Phi) is 4.42. The van der Waals surface area contributed by atoms with E-state index in [0.717, 1.165) is 6.08 Å². The van der Waals surface area contributed by atoms with E-state index >= 15 is 0 Å². The Balaban J connectivity index is 2.06. The zero-order valence-electron chi connectivity index (χ0n) is 12.4. The van der Waals surface area contributed by atoms with E-state index in [1.165, 1.54) is 23.1 Å². The number of nitrogens with zero attached hydrogens (tertiary/aromatic N) is 1. The van der Waals surface area contributed by atoms with Gasteiger partial charge in [-0.15, -0.1) is 0 Å². The highest BCUT2D eigenvalue weighted by atomic mass is 35.5. The Morgan fingerprint density at radius 2 is 2.09 bits per heavy atom. The number of hydrogen-bond donors (Lipinski definition) is 0. The van der Waals surface area contributed by atoms with E-state index in [0.29, 0.717) is 5.56 Å². The topological polar surface area (TPSA) is 55.8 Å². The fourth-order valence-corrected chi connectivity index (χ4v) is 2.10. The molecule has 1 fully saturated rings. The number of cyclic esters (lactones) is 1. The van der Waals surface area contributed by atoms with Crippen molar-refractivity contribution in [1.29, 1.82) is 0 Å². The molecule has 0 spiro atoms. The number of carbonyl (C=O) groups excluding carboxylic acids is 2. The van der Waals surface area contributed by atoms with Crippen molar-refractivity contribution in [3.05, 3.63) is 46.4 Å². The molecular weight excluding hydrogens is 313 g/mol. The molecule has 0 unspecified atom stereocenters. The first-order valence-electron chi connectivity index (χ1n) is 6.51. The van der Waals surface area contributed by atoms with Crippen molar-refractivity contribution in [3.8, 4) is 0 Å². The van der Waals surface area contributed by atoms with Gasteiger partial charge in [-0.25, -0.2) is 9.18 Å². The molecule has 0 N–H and O–H groups in total. The summed E-state index contributed by atoms with van der Waals surface area (Å²) in [5.41, 5.74) is 0.663. The SMILES string of the molecule is CN(Cc1ccc(F)c(Cl)c1)C(=O)/C=C1/OC(C)(C)OC1=O. The maximum atomic E-state index is 13.1. The largest absolute Gasteiger partial charge is 0.445 e. The number of esters is 1. The van der Waals surface area contributed by atoms with Gasteiger partial charge < -0.3 is 14.4 Å². The van der Waals surface area contributed by atoms with E-state index in [9.17, 15) is 14.0 Å². The normalized spacial score (nSPS) is 18.0. The van der Waals surface area contributed by atoms with Crippen LogP contribution in [0.5, 0.6) is 0 Å². The van der Waals surface area contributed by atoms with Gasteiger partial charge in [0.25, 0.3) is 5.91 Å². The molecule has 7 heteroatoms. The minimum absolute atomic E-state index is 0.0128. The van der Waals surface area contributed by atoms with Crippen molar-refractivity contribution in [2.75, 3.05) is 7.05 Å². The highest BCUT2D eigenvalue weighted by molar-refractivity contribution is 6.30. The summed E-state index contributed by atoms with van der Waals surface area (Å²) < 4.78 is 23.3. The zero-order valence-corrected chi connectivity index (χ0v) is 13.1. The summed E-state index contributed by atoms with van der Waals surface area (Å²) in [6.45, 7) is 3.35. The first kappa shape index (κ1) is 16.3. The third-order valence-electron chi connectivity index (χ3n) is 2.93. The molecule has 0 saturated carbocycles. The maximum Gasteiger partial charge on any atom is 0.377 e. The van der Waals surface area contributed by atoms with Crippen molar-refractivity contribution in [2.45, 2.75) is 26.2 Å². The highest BCUT2D eigenvalue weighted by Crippen LogP contribution is 2.26. The smallest absolute Gasteiger partial charge is 0.377 e. The van der Waals surface area contributed by atoms with Gasteiger partial charge in [0, 0.05) is 27.4 Å². The summed E-state index contributed by atoms with van der Waals surface area (Å²) in [5, 5.41) is -0.0128. The molecule has 1 saturated heterocycles. The molecule has 0 aliphatic carbocycles. The molecule has 1 heterocycles. The number of hydrogen-bond acceptors (Lipinski definition) is 4. The third-order valence-corrected chi connectivity index (χ3v) is 3.22. The van der Waals surface area contributed by atoms with Crippen LogP contribution in [0.1, 0.15) is 19.4 Å². The van der Waals surface area contributed by atoms with Gasteiger partial charge in [-0.1, -0.05) is 17.7 Å². The zero-order chi connectivity index (χ0) is 16.5.